The van der Waals surface area contributed by atoms with Crippen LogP contribution in [0, 0.1) is 0 Å². The lowest BCUT2D eigenvalue weighted by Crippen LogP contribution is -2.10. The van der Waals surface area contributed by atoms with Gasteiger partial charge in [-0.05, 0) is 30.5 Å². The standard InChI is InChI=1S/C13H14N2OS/c14-13(12-7-15-8-17-12)9-1-3-10(4-2-9)16-11-5-6-11/h1-4,7-8,11,13H,5-6,14H2. The van der Waals surface area contributed by atoms with E-state index in [4.69, 9.17) is 10.5 Å². The van der Waals surface area contributed by atoms with Crippen LogP contribution in [-0.4, -0.2) is 11.1 Å². The third-order valence-corrected chi connectivity index (χ3v) is 3.68. The fourth-order valence-electron chi connectivity index (χ4n) is 1.68. The van der Waals surface area contributed by atoms with Gasteiger partial charge in [0.25, 0.3) is 0 Å². The molecule has 1 saturated carbocycles. The average Bonchev–Trinajstić information content (AvgIpc) is 3.00. The largest absolute Gasteiger partial charge is 0.490 e. The van der Waals surface area contributed by atoms with Crippen molar-refractivity contribution in [3.05, 3.63) is 46.4 Å². The van der Waals surface area contributed by atoms with Gasteiger partial charge >= 0.3 is 0 Å². The van der Waals surface area contributed by atoms with Crippen LogP contribution >= 0.6 is 11.3 Å². The number of nitrogens with two attached hydrogens (primary N) is 1. The van der Waals surface area contributed by atoms with Gasteiger partial charge in [-0.25, -0.2) is 0 Å². The van der Waals surface area contributed by atoms with Gasteiger partial charge in [-0.1, -0.05) is 12.1 Å². The zero-order valence-electron chi connectivity index (χ0n) is 9.37. The molecular formula is C13H14N2OS. The van der Waals surface area contributed by atoms with Crippen molar-refractivity contribution in [1.29, 1.82) is 0 Å². The number of nitrogens with zero attached hydrogens (tertiary/aromatic N) is 1. The Morgan fingerprint density at radius 1 is 1.29 bits per heavy atom. The monoisotopic (exact) mass is 246 g/mol. The van der Waals surface area contributed by atoms with Crippen LogP contribution in [0.25, 0.3) is 0 Å². The van der Waals surface area contributed by atoms with Crippen molar-refractivity contribution in [2.45, 2.75) is 25.0 Å². The van der Waals surface area contributed by atoms with Crippen molar-refractivity contribution >= 4 is 11.3 Å². The lowest BCUT2D eigenvalue weighted by atomic mass is 10.1. The van der Waals surface area contributed by atoms with Crippen LogP contribution in [0.5, 0.6) is 5.75 Å². The third kappa shape index (κ3) is 2.48. The van der Waals surface area contributed by atoms with Crippen LogP contribution in [0.2, 0.25) is 0 Å². The minimum atomic E-state index is -0.0857. The predicted molar refractivity (Wildman–Crippen MR) is 68.2 cm³/mol. The second-order valence-corrected chi connectivity index (χ2v) is 5.19. The van der Waals surface area contributed by atoms with E-state index < -0.39 is 0 Å². The minimum absolute atomic E-state index is 0.0857. The van der Waals surface area contributed by atoms with Crippen LogP contribution in [-0.2, 0) is 0 Å². The molecule has 1 aromatic heterocycles. The molecule has 0 radical (unpaired) electrons. The molecule has 1 atom stereocenters. The summed E-state index contributed by atoms with van der Waals surface area (Å²) in [7, 11) is 0. The van der Waals surface area contributed by atoms with Gasteiger partial charge in [0.1, 0.15) is 5.75 Å². The van der Waals surface area contributed by atoms with Crippen molar-refractivity contribution < 1.29 is 4.74 Å². The Morgan fingerprint density at radius 3 is 2.65 bits per heavy atom. The first-order valence-corrected chi connectivity index (χ1v) is 6.61. The Kier molecular flexibility index (Phi) is 2.82. The SMILES string of the molecule is NC(c1ccc(OC2CC2)cc1)c1cncs1. The molecule has 1 aliphatic rings. The van der Waals surface area contributed by atoms with Crippen molar-refractivity contribution in [2.24, 2.45) is 5.73 Å². The van der Waals surface area contributed by atoms with Crippen LogP contribution < -0.4 is 10.5 Å². The highest BCUT2D eigenvalue weighted by atomic mass is 32.1. The molecule has 2 N–H and O–H groups in total. The maximum atomic E-state index is 6.15. The molecule has 0 amide bonds. The lowest BCUT2D eigenvalue weighted by molar-refractivity contribution is 0.303. The third-order valence-electron chi connectivity index (χ3n) is 2.82. The second kappa shape index (κ2) is 4.47. The van der Waals surface area contributed by atoms with E-state index in [1.165, 1.54) is 12.8 Å². The highest BCUT2D eigenvalue weighted by Gasteiger charge is 2.23. The molecule has 2 aromatic rings. The Labute approximate surface area is 104 Å². The Hall–Kier alpha value is -1.39. The van der Waals surface area contributed by atoms with Gasteiger partial charge in [0, 0.05) is 11.1 Å². The number of thiazole rings is 1. The van der Waals surface area contributed by atoms with Crippen molar-refractivity contribution in [3.8, 4) is 5.75 Å². The maximum Gasteiger partial charge on any atom is 0.119 e. The molecule has 0 saturated heterocycles. The molecule has 0 spiro atoms. The summed E-state index contributed by atoms with van der Waals surface area (Å²) in [4.78, 5) is 5.13. The number of hydrogen-bond acceptors (Lipinski definition) is 4. The first-order valence-electron chi connectivity index (χ1n) is 5.73. The summed E-state index contributed by atoms with van der Waals surface area (Å²) in [5.74, 6) is 0.938. The fourth-order valence-corrected chi connectivity index (χ4v) is 2.32. The van der Waals surface area contributed by atoms with Gasteiger partial charge in [-0.2, -0.15) is 0 Å². The van der Waals surface area contributed by atoms with Gasteiger partial charge in [0.15, 0.2) is 0 Å². The van der Waals surface area contributed by atoms with E-state index in [9.17, 15) is 0 Å². The molecular weight excluding hydrogens is 232 g/mol. The number of ether oxygens (including phenoxy) is 1. The number of rotatable bonds is 4. The summed E-state index contributed by atoms with van der Waals surface area (Å²) in [6, 6.07) is 7.96. The molecule has 1 aliphatic carbocycles. The van der Waals surface area contributed by atoms with Crippen molar-refractivity contribution in [2.75, 3.05) is 0 Å². The van der Waals surface area contributed by atoms with E-state index >= 15 is 0 Å². The van der Waals surface area contributed by atoms with Crippen LogP contribution in [0.15, 0.2) is 36.0 Å². The van der Waals surface area contributed by atoms with Gasteiger partial charge in [0.05, 0.1) is 17.7 Å². The highest BCUT2D eigenvalue weighted by molar-refractivity contribution is 7.09. The Balaban J connectivity index is 1.74. The molecule has 3 nitrogen and oxygen atoms in total. The van der Waals surface area contributed by atoms with E-state index in [1.807, 2.05) is 30.5 Å². The van der Waals surface area contributed by atoms with E-state index in [0.717, 1.165) is 16.2 Å². The highest BCUT2D eigenvalue weighted by Crippen LogP contribution is 2.28. The van der Waals surface area contributed by atoms with E-state index in [1.54, 1.807) is 16.8 Å². The molecule has 3 rings (SSSR count). The Morgan fingerprint density at radius 2 is 2.06 bits per heavy atom. The minimum Gasteiger partial charge on any atom is -0.490 e. The van der Waals surface area contributed by atoms with Gasteiger partial charge in [-0.3, -0.25) is 4.98 Å². The lowest BCUT2D eigenvalue weighted by Gasteiger charge is -2.10. The van der Waals surface area contributed by atoms with Crippen LogP contribution in [0.1, 0.15) is 29.3 Å². The summed E-state index contributed by atoms with van der Waals surface area (Å²) in [5.41, 5.74) is 9.05. The predicted octanol–water partition coefficient (Wildman–Crippen LogP) is 2.73. The summed E-state index contributed by atoms with van der Waals surface area (Å²) < 4.78 is 5.70. The molecule has 1 aromatic carbocycles. The molecule has 0 aliphatic heterocycles. The molecule has 1 unspecified atom stereocenters. The molecule has 1 heterocycles. The summed E-state index contributed by atoms with van der Waals surface area (Å²) in [6.45, 7) is 0. The zero-order chi connectivity index (χ0) is 11.7. The van der Waals surface area contributed by atoms with Crippen molar-refractivity contribution in [1.82, 2.24) is 4.98 Å². The number of hydrogen-bond donors (Lipinski definition) is 1. The van der Waals surface area contributed by atoms with Gasteiger partial charge in [-0.15, -0.1) is 11.3 Å². The van der Waals surface area contributed by atoms with E-state index in [0.29, 0.717) is 6.10 Å². The molecule has 4 heteroatoms. The summed E-state index contributed by atoms with van der Waals surface area (Å²) >= 11 is 1.58. The van der Waals surface area contributed by atoms with E-state index in [-0.39, 0.29) is 6.04 Å². The smallest absolute Gasteiger partial charge is 0.119 e. The zero-order valence-corrected chi connectivity index (χ0v) is 10.2. The van der Waals surface area contributed by atoms with E-state index in [2.05, 4.69) is 4.98 Å². The topological polar surface area (TPSA) is 48.1 Å². The first kappa shape index (κ1) is 10.7. The summed E-state index contributed by atoms with van der Waals surface area (Å²) in [5, 5.41) is 0. The van der Waals surface area contributed by atoms with Crippen LogP contribution in [0.4, 0.5) is 0 Å². The maximum absolute atomic E-state index is 6.15. The number of aromatic nitrogens is 1. The van der Waals surface area contributed by atoms with Gasteiger partial charge in [0.2, 0.25) is 0 Å². The average molecular weight is 246 g/mol. The Bertz CT molecular complexity index is 477. The normalized spacial score (nSPS) is 16.8. The number of benzene rings is 1. The first-order chi connectivity index (χ1) is 8.33. The van der Waals surface area contributed by atoms with Gasteiger partial charge < -0.3 is 10.5 Å². The quantitative estimate of drug-likeness (QED) is 0.902. The van der Waals surface area contributed by atoms with Crippen LogP contribution in [0.3, 0.4) is 0 Å². The molecule has 17 heavy (non-hydrogen) atoms. The summed E-state index contributed by atoms with van der Waals surface area (Å²) in [6.07, 6.45) is 4.63. The fraction of sp³-hybridized carbons (Fsp3) is 0.308. The second-order valence-electron chi connectivity index (χ2n) is 4.27. The molecule has 1 fully saturated rings. The molecule has 0 bridgehead atoms. The van der Waals surface area contributed by atoms with Crippen molar-refractivity contribution in [3.63, 3.8) is 0 Å². The molecule has 88 valence electrons.